The van der Waals surface area contributed by atoms with E-state index < -0.39 is 0 Å². The molecule has 0 atom stereocenters. The molecule has 2 N–H and O–H groups in total. The number of pyridine rings is 1. The molecule has 1 aliphatic rings. The van der Waals surface area contributed by atoms with Crippen LogP contribution in [0.5, 0.6) is 0 Å². The SMILES string of the molecule is O=[N+]([O-])c1cccc(CNC2CCC(Nc3cccc4cnccc34)CC2)c1. The first kappa shape index (κ1) is 18.4. The summed E-state index contributed by atoms with van der Waals surface area (Å²) in [5, 5.41) is 20.5. The third-order valence-corrected chi connectivity index (χ3v) is 5.48. The molecular formula is C22H24N4O2. The van der Waals surface area contributed by atoms with Gasteiger partial charge >= 0.3 is 0 Å². The van der Waals surface area contributed by atoms with Crippen molar-refractivity contribution in [2.75, 3.05) is 5.32 Å². The molecule has 1 saturated carbocycles. The van der Waals surface area contributed by atoms with Gasteiger partial charge in [0.05, 0.1) is 4.92 Å². The Bertz CT molecular complexity index is 962. The third-order valence-electron chi connectivity index (χ3n) is 5.48. The van der Waals surface area contributed by atoms with Gasteiger partial charge in [0.1, 0.15) is 0 Å². The lowest BCUT2D eigenvalue weighted by molar-refractivity contribution is -0.384. The van der Waals surface area contributed by atoms with Crippen LogP contribution in [0.25, 0.3) is 10.8 Å². The van der Waals surface area contributed by atoms with Crippen molar-refractivity contribution in [1.29, 1.82) is 0 Å². The normalized spacial score (nSPS) is 19.4. The maximum absolute atomic E-state index is 10.9. The van der Waals surface area contributed by atoms with Crippen LogP contribution in [-0.4, -0.2) is 22.0 Å². The number of nitro groups is 1. The highest BCUT2D eigenvalue weighted by atomic mass is 16.6. The first-order valence-corrected chi connectivity index (χ1v) is 9.75. The predicted molar refractivity (Wildman–Crippen MR) is 111 cm³/mol. The zero-order valence-electron chi connectivity index (χ0n) is 15.7. The molecule has 0 saturated heterocycles. The number of non-ortho nitro benzene ring substituents is 1. The van der Waals surface area contributed by atoms with E-state index in [0.29, 0.717) is 18.6 Å². The number of anilines is 1. The Morgan fingerprint density at radius 1 is 1.04 bits per heavy atom. The average molecular weight is 376 g/mol. The van der Waals surface area contributed by atoms with Gasteiger partial charge in [-0.25, -0.2) is 0 Å². The summed E-state index contributed by atoms with van der Waals surface area (Å²) in [5.41, 5.74) is 2.28. The van der Waals surface area contributed by atoms with Crippen molar-refractivity contribution >= 4 is 22.1 Å². The van der Waals surface area contributed by atoms with Crippen molar-refractivity contribution in [3.05, 3.63) is 76.6 Å². The van der Waals surface area contributed by atoms with E-state index in [0.717, 1.165) is 36.6 Å². The smallest absolute Gasteiger partial charge is 0.269 e. The number of rotatable bonds is 6. The van der Waals surface area contributed by atoms with E-state index in [4.69, 9.17) is 0 Å². The van der Waals surface area contributed by atoms with Gasteiger partial charge in [0.2, 0.25) is 0 Å². The first-order valence-electron chi connectivity index (χ1n) is 9.75. The van der Waals surface area contributed by atoms with E-state index in [9.17, 15) is 10.1 Å². The minimum Gasteiger partial charge on any atom is -0.382 e. The molecule has 0 bridgehead atoms. The van der Waals surface area contributed by atoms with Crippen LogP contribution >= 0.6 is 0 Å². The summed E-state index contributed by atoms with van der Waals surface area (Å²) < 4.78 is 0. The van der Waals surface area contributed by atoms with Crippen LogP contribution in [0.15, 0.2) is 60.9 Å². The van der Waals surface area contributed by atoms with Crippen LogP contribution in [0, 0.1) is 10.1 Å². The lowest BCUT2D eigenvalue weighted by Crippen LogP contribution is -2.36. The summed E-state index contributed by atoms with van der Waals surface area (Å²) in [6.45, 7) is 0.667. The van der Waals surface area contributed by atoms with Gasteiger partial charge < -0.3 is 10.6 Å². The van der Waals surface area contributed by atoms with E-state index in [2.05, 4.69) is 39.9 Å². The van der Waals surface area contributed by atoms with E-state index >= 15 is 0 Å². The van der Waals surface area contributed by atoms with Crippen LogP contribution in [0.1, 0.15) is 31.2 Å². The number of aromatic nitrogens is 1. The molecule has 1 aliphatic carbocycles. The minimum atomic E-state index is -0.344. The molecule has 0 unspecified atom stereocenters. The minimum absolute atomic E-state index is 0.150. The number of nitro benzene ring substituents is 1. The summed E-state index contributed by atoms with van der Waals surface area (Å²) in [6, 6.07) is 16.1. The molecule has 6 heteroatoms. The highest BCUT2D eigenvalue weighted by Crippen LogP contribution is 2.27. The molecule has 1 aromatic heterocycles. The molecule has 144 valence electrons. The maximum Gasteiger partial charge on any atom is 0.269 e. The van der Waals surface area contributed by atoms with E-state index in [-0.39, 0.29) is 10.6 Å². The predicted octanol–water partition coefficient (Wildman–Crippen LogP) is 4.66. The number of hydrogen-bond donors (Lipinski definition) is 2. The quantitative estimate of drug-likeness (QED) is 0.483. The van der Waals surface area contributed by atoms with Crippen LogP contribution < -0.4 is 10.6 Å². The monoisotopic (exact) mass is 376 g/mol. The van der Waals surface area contributed by atoms with Crippen LogP contribution in [0.3, 0.4) is 0 Å². The number of benzene rings is 2. The van der Waals surface area contributed by atoms with E-state index in [1.165, 1.54) is 17.1 Å². The van der Waals surface area contributed by atoms with Crippen molar-refractivity contribution in [2.24, 2.45) is 0 Å². The van der Waals surface area contributed by atoms with Crippen molar-refractivity contribution < 1.29 is 4.92 Å². The molecule has 6 nitrogen and oxygen atoms in total. The lowest BCUT2D eigenvalue weighted by Gasteiger charge is -2.30. The molecule has 1 heterocycles. The van der Waals surface area contributed by atoms with Gasteiger partial charge in [-0.1, -0.05) is 24.3 Å². The second kappa shape index (κ2) is 8.35. The fourth-order valence-electron chi connectivity index (χ4n) is 3.95. The van der Waals surface area contributed by atoms with Crippen molar-refractivity contribution in [3.63, 3.8) is 0 Å². The van der Waals surface area contributed by atoms with Crippen molar-refractivity contribution in [2.45, 2.75) is 44.3 Å². The summed E-state index contributed by atoms with van der Waals surface area (Å²) in [4.78, 5) is 14.8. The molecule has 1 fully saturated rings. The van der Waals surface area contributed by atoms with Crippen LogP contribution in [0.4, 0.5) is 11.4 Å². The Hall–Kier alpha value is -2.99. The van der Waals surface area contributed by atoms with Gasteiger partial charge in [0, 0.05) is 59.6 Å². The Morgan fingerprint density at radius 2 is 1.82 bits per heavy atom. The lowest BCUT2D eigenvalue weighted by atomic mass is 9.90. The van der Waals surface area contributed by atoms with Crippen molar-refractivity contribution in [3.8, 4) is 0 Å². The fourth-order valence-corrected chi connectivity index (χ4v) is 3.95. The van der Waals surface area contributed by atoms with Crippen molar-refractivity contribution in [1.82, 2.24) is 10.3 Å². The highest BCUT2D eigenvalue weighted by molar-refractivity contribution is 5.93. The number of nitrogens with zero attached hydrogens (tertiary/aromatic N) is 2. The number of hydrogen-bond acceptors (Lipinski definition) is 5. The Kier molecular flexibility index (Phi) is 5.48. The molecular weight excluding hydrogens is 352 g/mol. The van der Waals surface area contributed by atoms with Gasteiger partial charge in [0.25, 0.3) is 5.69 Å². The van der Waals surface area contributed by atoms with Gasteiger partial charge in [-0.3, -0.25) is 15.1 Å². The van der Waals surface area contributed by atoms with Crippen LogP contribution in [-0.2, 0) is 6.54 Å². The van der Waals surface area contributed by atoms with Crippen LogP contribution in [0.2, 0.25) is 0 Å². The van der Waals surface area contributed by atoms with Gasteiger partial charge in [0.15, 0.2) is 0 Å². The Balaban J connectivity index is 1.30. The molecule has 4 rings (SSSR count). The second-order valence-electron chi connectivity index (χ2n) is 7.40. The van der Waals surface area contributed by atoms with Gasteiger partial charge in [-0.15, -0.1) is 0 Å². The maximum atomic E-state index is 10.9. The number of nitrogens with one attached hydrogen (secondary N) is 2. The molecule has 28 heavy (non-hydrogen) atoms. The largest absolute Gasteiger partial charge is 0.382 e. The zero-order chi connectivity index (χ0) is 19.3. The molecule has 0 amide bonds. The first-order chi connectivity index (χ1) is 13.7. The molecule has 0 aliphatic heterocycles. The zero-order valence-corrected chi connectivity index (χ0v) is 15.7. The van der Waals surface area contributed by atoms with Gasteiger partial charge in [-0.2, -0.15) is 0 Å². The second-order valence-corrected chi connectivity index (χ2v) is 7.40. The summed E-state index contributed by atoms with van der Waals surface area (Å²) >= 11 is 0. The standard InChI is InChI=1S/C22H24N4O2/c27-26(28)20-5-1-3-16(13-20)14-24-18-7-9-19(10-8-18)25-22-6-2-4-17-15-23-12-11-21(17)22/h1-6,11-13,15,18-19,24-25H,7-10,14H2. The third kappa shape index (κ3) is 4.28. The molecule has 0 radical (unpaired) electrons. The summed E-state index contributed by atoms with van der Waals surface area (Å²) in [5.74, 6) is 0. The average Bonchev–Trinajstić information content (AvgIpc) is 2.74. The molecule has 2 aromatic carbocycles. The highest BCUT2D eigenvalue weighted by Gasteiger charge is 2.21. The summed E-state index contributed by atoms with van der Waals surface area (Å²) in [7, 11) is 0. The van der Waals surface area contributed by atoms with E-state index in [1.807, 2.05) is 18.5 Å². The number of fused-ring (bicyclic) bond motifs is 1. The Morgan fingerprint density at radius 3 is 2.64 bits per heavy atom. The van der Waals surface area contributed by atoms with Gasteiger partial charge in [-0.05, 0) is 43.4 Å². The summed E-state index contributed by atoms with van der Waals surface area (Å²) in [6.07, 6.45) is 8.14. The fraction of sp³-hybridized carbons (Fsp3) is 0.318. The topological polar surface area (TPSA) is 80.1 Å². The molecule has 3 aromatic rings. The van der Waals surface area contributed by atoms with E-state index in [1.54, 1.807) is 12.1 Å². The Labute approximate surface area is 164 Å². The molecule has 0 spiro atoms.